The van der Waals surface area contributed by atoms with E-state index in [1.54, 1.807) is 38.6 Å². The average molecular weight is 381 g/mol. The highest BCUT2D eigenvalue weighted by molar-refractivity contribution is 5.99. The van der Waals surface area contributed by atoms with Crippen LogP contribution in [-0.2, 0) is 0 Å². The van der Waals surface area contributed by atoms with Crippen LogP contribution in [0.4, 0.5) is 0 Å². The predicted octanol–water partition coefficient (Wildman–Crippen LogP) is 2.72. The molecule has 1 aromatic heterocycles. The number of H-pyrrole nitrogens is 1. The summed E-state index contributed by atoms with van der Waals surface area (Å²) in [5.74, 6) is 2.19. The summed E-state index contributed by atoms with van der Waals surface area (Å²) in [6.45, 7) is 1.05. The van der Waals surface area contributed by atoms with Gasteiger partial charge in [0.05, 0.1) is 20.4 Å². The molecule has 1 aliphatic heterocycles. The third-order valence-electron chi connectivity index (χ3n) is 4.32. The zero-order chi connectivity index (χ0) is 19.5. The first-order valence-electron chi connectivity index (χ1n) is 8.66. The molecule has 2 heterocycles. The van der Waals surface area contributed by atoms with Crippen molar-refractivity contribution in [1.82, 2.24) is 10.4 Å². The van der Waals surface area contributed by atoms with Crippen molar-refractivity contribution in [2.75, 3.05) is 27.4 Å². The van der Waals surface area contributed by atoms with Gasteiger partial charge in [0.2, 0.25) is 0 Å². The second-order valence-electron chi connectivity index (χ2n) is 6.08. The summed E-state index contributed by atoms with van der Waals surface area (Å²) in [6, 6.07) is 10.8. The van der Waals surface area contributed by atoms with Crippen LogP contribution < -0.4 is 24.4 Å². The predicted molar refractivity (Wildman–Crippen MR) is 104 cm³/mol. The van der Waals surface area contributed by atoms with Crippen LogP contribution in [-0.4, -0.2) is 44.5 Å². The summed E-state index contributed by atoms with van der Waals surface area (Å²) in [5.41, 5.74) is 4.44. The zero-order valence-electron chi connectivity index (χ0n) is 15.4. The lowest BCUT2D eigenvalue weighted by molar-refractivity contribution is 0.0951. The van der Waals surface area contributed by atoms with E-state index in [1.165, 1.54) is 0 Å². The van der Waals surface area contributed by atoms with E-state index in [4.69, 9.17) is 18.9 Å². The Bertz CT molecular complexity index is 1020. The first-order chi connectivity index (χ1) is 13.7. The van der Waals surface area contributed by atoms with Crippen LogP contribution in [0.15, 0.2) is 41.5 Å². The number of hydrazone groups is 1. The Morgan fingerprint density at radius 1 is 1.07 bits per heavy atom. The van der Waals surface area contributed by atoms with Crippen LogP contribution in [0.2, 0.25) is 0 Å². The Labute approximate surface area is 161 Å². The van der Waals surface area contributed by atoms with Gasteiger partial charge < -0.3 is 23.9 Å². The average Bonchev–Trinajstić information content (AvgIpc) is 3.15. The monoisotopic (exact) mass is 381 g/mol. The molecule has 0 aliphatic carbocycles. The van der Waals surface area contributed by atoms with E-state index in [9.17, 15) is 4.79 Å². The van der Waals surface area contributed by atoms with Gasteiger partial charge in [-0.2, -0.15) is 5.10 Å². The van der Waals surface area contributed by atoms with Gasteiger partial charge >= 0.3 is 0 Å². The number of rotatable bonds is 5. The van der Waals surface area contributed by atoms with E-state index in [2.05, 4.69) is 15.5 Å². The van der Waals surface area contributed by atoms with Crippen molar-refractivity contribution in [1.29, 1.82) is 0 Å². The van der Waals surface area contributed by atoms with Crippen molar-refractivity contribution in [2.45, 2.75) is 0 Å². The summed E-state index contributed by atoms with van der Waals surface area (Å²) in [5, 5.41) is 4.85. The number of nitrogens with zero attached hydrogens (tertiary/aromatic N) is 1. The quantitative estimate of drug-likeness (QED) is 0.524. The summed E-state index contributed by atoms with van der Waals surface area (Å²) >= 11 is 0. The van der Waals surface area contributed by atoms with Crippen molar-refractivity contribution in [3.8, 4) is 23.0 Å². The highest BCUT2D eigenvalue weighted by atomic mass is 16.6. The van der Waals surface area contributed by atoms with Crippen LogP contribution in [0.1, 0.15) is 16.1 Å². The van der Waals surface area contributed by atoms with Crippen LogP contribution in [0.5, 0.6) is 23.0 Å². The Kier molecular flexibility index (Phi) is 4.76. The number of aromatic nitrogens is 1. The largest absolute Gasteiger partial charge is 0.493 e. The molecule has 4 rings (SSSR count). The fourth-order valence-corrected chi connectivity index (χ4v) is 2.95. The lowest BCUT2D eigenvalue weighted by atomic mass is 10.2. The van der Waals surface area contributed by atoms with Crippen LogP contribution >= 0.6 is 0 Å². The van der Waals surface area contributed by atoms with Gasteiger partial charge in [-0.3, -0.25) is 4.79 Å². The summed E-state index contributed by atoms with van der Waals surface area (Å²) in [4.78, 5) is 15.4. The molecule has 0 radical (unpaired) electrons. The number of ether oxygens (including phenoxy) is 4. The zero-order valence-corrected chi connectivity index (χ0v) is 15.4. The molecule has 0 bridgehead atoms. The molecular formula is C20H19N3O5. The van der Waals surface area contributed by atoms with Gasteiger partial charge in [-0.15, -0.1) is 0 Å². The van der Waals surface area contributed by atoms with Crippen molar-refractivity contribution in [2.24, 2.45) is 5.10 Å². The SMILES string of the molecule is COc1cc2cc(C(=O)N/N=C\c3ccc4c(c3)OCCO4)[nH]c2cc1OC. The van der Waals surface area contributed by atoms with E-state index in [-0.39, 0.29) is 5.91 Å². The Morgan fingerprint density at radius 3 is 2.61 bits per heavy atom. The summed E-state index contributed by atoms with van der Waals surface area (Å²) in [7, 11) is 3.13. The number of nitrogens with one attached hydrogen (secondary N) is 2. The lowest BCUT2D eigenvalue weighted by Crippen LogP contribution is -2.18. The van der Waals surface area contributed by atoms with Crippen LogP contribution in [0.3, 0.4) is 0 Å². The molecule has 8 nitrogen and oxygen atoms in total. The molecule has 8 heteroatoms. The van der Waals surface area contributed by atoms with E-state index < -0.39 is 0 Å². The number of fused-ring (bicyclic) bond motifs is 2. The normalized spacial score (nSPS) is 12.9. The molecule has 2 N–H and O–H groups in total. The van der Waals surface area contributed by atoms with Crippen LogP contribution in [0.25, 0.3) is 10.9 Å². The van der Waals surface area contributed by atoms with E-state index in [1.807, 2.05) is 18.2 Å². The van der Waals surface area contributed by atoms with Crippen LogP contribution in [0, 0.1) is 0 Å². The molecule has 1 amide bonds. The third-order valence-corrected chi connectivity index (χ3v) is 4.32. The van der Waals surface area contributed by atoms with Crippen molar-refractivity contribution >= 4 is 23.0 Å². The Hall–Kier alpha value is -3.68. The number of carbonyl (C=O) groups excluding carboxylic acids is 1. The van der Waals surface area contributed by atoms with Gasteiger partial charge in [-0.05, 0) is 35.9 Å². The molecule has 2 aromatic carbocycles. The molecule has 0 saturated heterocycles. The van der Waals surface area contributed by atoms with Gasteiger partial charge in [-0.1, -0.05) is 0 Å². The number of aromatic amines is 1. The standard InChI is InChI=1S/C20H19N3O5/c1-25-17-9-13-8-15(22-14(13)10-18(17)26-2)20(24)23-21-11-12-3-4-16-19(7-12)28-6-5-27-16/h3-4,7-11,22H,5-6H2,1-2H3,(H,23,24)/b21-11-. The number of amides is 1. The van der Waals surface area contributed by atoms with E-state index >= 15 is 0 Å². The summed E-state index contributed by atoms with van der Waals surface area (Å²) < 4.78 is 21.6. The minimum absolute atomic E-state index is 0.358. The van der Waals surface area contributed by atoms with Crippen molar-refractivity contribution in [3.05, 3.63) is 47.7 Å². The third kappa shape index (κ3) is 3.44. The number of carbonyl (C=O) groups is 1. The molecule has 28 heavy (non-hydrogen) atoms. The summed E-state index contributed by atoms with van der Waals surface area (Å²) in [6.07, 6.45) is 1.55. The minimum atomic E-state index is -0.358. The fraction of sp³-hybridized carbons (Fsp3) is 0.200. The van der Waals surface area contributed by atoms with Gasteiger partial charge in [0.15, 0.2) is 23.0 Å². The lowest BCUT2D eigenvalue weighted by Gasteiger charge is -2.18. The Morgan fingerprint density at radius 2 is 1.82 bits per heavy atom. The molecule has 1 aliphatic rings. The van der Waals surface area contributed by atoms with E-state index in [0.29, 0.717) is 41.9 Å². The van der Waals surface area contributed by atoms with Crippen molar-refractivity contribution in [3.63, 3.8) is 0 Å². The minimum Gasteiger partial charge on any atom is -0.493 e. The topological polar surface area (TPSA) is 94.2 Å². The van der Waals surface area contributed by atoms with Gasteiger partial charge in [0, 0.05) is 17.0 Å². The first kappa shape index (κ1) is 17.7. The van der Waals surface area contributed by atoms with E-state index in [0.717, 1.165) is 16.5 Å². The number of hydrogen-bond donors (Lipinski definition) is 2. The second-order valence-corrected chi connectivity index (χ2v) is 6.08. The first-order valence-corrected chi connectivity index (χ1v) is 8.66. The molecular weight excluding hydrogens is 362 g/mol. The maximum absolute atomic E-state index is 12.4. The molecule has 3 aromatic rings. The smallest absolute Gasteiger partial charge is 0.287 e. The molecule has 0 saturated carbocycles. The molecule has 0 fully saturated rings. The molecule has 0 spiro atoms. The van der Waals surface area contributed by atoms with Crippen molar-refractivity contribution < 1.29 is 23.7 Å². The highest BCUT2D eigenvalue weighted by Gasteiger charge is 2.13. The molecule has 144 valence electrons. The van der Waals surface area contributed by atoms with Gasteiger partial charge in [0.25, 0.3) is 5.91 Å². The van der Waals surface area contributed by atoms with Gasteiger partial charge in [0.1, 0.15) is 18.9 Å². The Balaban J connectivity index is 1.48. The number of methoxy groups -OCH3 is 2. The highest BCUT2D eigenvalue weighted by Crippen LogP contribution is 2.32. The number of hydrogen-bond acceptors (Lipinski definition) is 6. The maximum Gasteiger partial charge on any atom is 0.287 e. The number of benzene rings is 2. The second kappa shape index (κ2) is 7.51. The van der Waals surface area contributed by atoms with Gasteiger partial charge in [-0.25, -0.2) is 5.43 Å². The molecule has 0 unspecified atom stereocenters. The fourth-order valence-electron chi connectivity index (χ4n) is 2.95. The maximum atomic E-state index is 12.4. The molecule has 0 atom stereocenters.